The van der Waals surface area contributed by atoms with Gasteiger partial charge >= 0.3 is 5.97 Å². The van der Waals surface area contributed by atoms with Crippen molar-refractivity contribution in [2.45, 2.75) is 39.5 Å². The Bertz CT molecular complexity index is 258. The minimum atomic E-state index is -0.122. The molecule has 0 aromatic rings. The summed E-state index contributed by atoms with van der Waals surface area (Å²) < 4.78 is 5.09. The number of esters is 1. The van der Waals surface area contributed by atoms with Crippen molar-refractivity contribution in [3.8, 4) is 0 Å². The largest absolute Gasteiger partial charge is 0.463 e. The summed E-state index contributed by atoms with van der Waals surface area (Å²) in [6.45, 7) is 5.46. The molecular weight excluding hydrogens is 190 g/mol. The molecule has 0 saturated carbocycles. The highest BCUT2D eigenvalue weighted by Crippen LogP contribution is 2.25. The molecule has 0 unspecified atom stereocenters. The molecule has 0 N–H and O–H groups in total. The van der Waals surface area contributed by atoms with E-state index >= 15 is 0 Å². The first-order valence-corrected chi connectivity index (χ1v) is 5.81. The molecule has 0 aromatic heterocycles. The SMILES string of the molecule is CCC/C(C(=O)OCC)=C1\CCCN1C. The smallest absolute Gasteiger partial charge is 0.335 e. The average Bonchev–Trinajstić information content (AvgIpc) is 2.61. The van der Waals surface area contributed by atoms with Crippen LogP contribution >= 0.6 is 0 Å². The summed E-state index contributed by atoms with van der Waals surface area (Å²) in [6.07, 6.45) is 3.99. The fraction of sp³-hybridized carbons (Fsp3) is 0.750. The van der Waals surface area contributed by atoms with Crippen molar-refractivity contribution in [3.05, 3.63) is 11.3 Å². The number of ether oxygens (including phenoxy) is 1. The molecule has 3 heteroatoms. The van der Waals surface area contributed by atoms with E-state index in [1.54, 1.807) is 0 Å². The van der Waals surface area contributed by atoms with Gasteiger partial charge in [0.15, 0.2) is 0 Å². The highest BCUT2D eigenvalue weighted by Gasteiger charge is 2.22. The Morgan fingerprint density at radius 3 is 2.67 bits per heavy atom. The second-order valence-electron chi connectivity index (χ2n) is 3.92. The van der Waals surface area contributed by atoms with E-state index in [1.165, 1.54) is 5.70 Å². The summed E-state index contributed by atoms with van der Waals surface area (Å²) >= 11 is 0. The maximum atomic E-state index is 11.8. The molecule has 0 aromatic carbocycles. The summed E-state index contributed by atoms with van der Waals surface area (Å²) in [5, 5.41) is 0. The Hall–Kier alpha value is -0.990. The molecule has 15 heavy (non-hydrogen) atoms. The topological polar surface area (TPSA) is 29.5 Å². The standard InChI is InChI=1S/C12H21NO2/c1-4-7-10(12(14)15-5-2)11-8-6-9-13(11)3/h4-9H2,1-3H3/b11-10-. The zero-order valence-electron chi connectivity index (χ0n) is 10.0. The number of allylic oxidation sites excluding steroid dienone is 1. The van der Waals surface area contributed by atoms with E-state index in [4.69, 9.17) is 4.74 Å². The van der Waals surface area contributed by atoms with Crippen LogP contribution in [0.4, 0.5) is 0 Å². The van der Waals surface area contributed by atoms with Crippen LogP contribution in [0.1, 0.15) is 39.5 Å². The molecule has 1 aliphatic rings. The van der Waals surface area contributed by atoms with Crippen LogP contribution in [0.5, 0.6) is 0 Å². The first kappa shape index (κ1) is 12.1. The third kappa shape index (κ3) is 2.98. The summed E-state index contributed by atoms with van der Waals surface area (Å²) in [6, 6.07) is 0. The van der Waals surface area contributed by atoms with Gasteiger partial charge in [-0.3, -0.25) is 0 Å². The van der Waals surface area contributed by atoms with E-state index in [2.05, 4.69) is 18.9 Å². The van der Waals surface area contributed by atoms with Crippen molar-refractivity contribution < 1.29 is 9.53 Å². The Balaban J connectivity index is 2.84. The molecule has 1 aliphatic heterocycles. The monoisotopic (exact) mass is 211 g/mol. The van der Waals surface area contributed by atoms with Gasteiger partial charge in [0.1, 0.15) is 0 Å². The van der Waals surface area contributed by atoms with Gasteiger partial charge < -0.3 is 9.64 Å². The first-order chi connectivity index (χ1) is 7.20. The maximum Gasteiger partial charge on any atom is 0.335 e. The van der Waals surface area contributed by atoms with Crippen LogP contribution in [0.15, 0.2) is 11.3 Å². The van der Waals surface area contributed by atoms with Crippen molar-refractivity contribution in [2.75, 3.05) is 20.2 Å². The van der Waals surface area contributed by atoms with Gasteiger partial charge in [0.25, 0.3) is 0 Å². The summed E-state index contributed by atoms with van der Waals surface area (Å²) in [7, 11) is 2.05. The van der Waals surface area contributed by atoms with Crippen LogP contribution in [0.25, 0.3) is 0 Å². The second kappa shape index (κ2) is 5.79. The number of rotatable bonds is 4. The van der Waals surface area contributed by atoms with E-state index < -0.39 is 0 Å². The molecule has 1 heterocycles. The van der Waals surface area contributed by atoms with Crippen molar-refractivity contribution >= 4 is 5.97 Å². The van der Waals surface area contributed by atoms with Crippen molar-refractivity contribution in [2.24, 2.45) is 0 Å². The third-order valence-corrected chi connectivity index (χ3v) is 2.74. The van der Waals surface area contributed by atoms with Crippen LogP contribution in [0.3, 0.4) is 0 Å². The molecule has 0 radical (unpaired) electrons. The van der Waals surface area contributed by atoms with Crippen molar-refractivity contribution in [1.29, 1.82) is 0 Å². The maximum absolute atomic E-state index is 11.8. The molecule has 0 atom stereocenters. The first-order valence-electron chi connectivity index (χ1n) is 5.81. The Kier molecular flexibility index (Phi) is 4.66. The van der Waals surface area contributed by atoms with Gasteiger partial charge in [-0.25, -0.2) is 4.79 Å². The van der Waals surface area contributed by atoms with E-state index in [9.17, 15) is 4.79 Å². The lowest BCUT2D eigenvalue weighted by Crippen LogP contribution is -2.17. The van der Waals surface area contributed by atoms with Crippen molar-refractivity contribution in [1.82, 2.24) is 4.90 Å². The van der Waals surface area contributed by atoms with Crippen LogP contribution in [-0.2, 0) is 9.53 Å². The predicted octanol–water partition coefficient (Wildman–Crippen LogP) is 2.33. The normalized spacial score (nSPS) is 19.3. The number of carbonyl (C=O) groups excluding carboxylic acids is 1. The van der Waals surface area contributed by atoms with Gasteiger partial charge in [-0.15, -0.1) is 0 Å². The Morgan fingerprint density at radius 2 is 2.20 bits per heavy atom. The lowest BCUT2D eigenvalue weighted by atomic mass is 10.1. The molecule has 0 amide bonds. The second-order valence-corrected chi connectivity index (χ2v) is 3.92. The van der Waals surface area contributed by atoms with E-state index in [-0.39, 0.29) is 5.97 Å². The average molecular weight is 211 g/mol. The van der Waals surface area contributed by atoms with E-state index in [0.29, 0.717) is 6.61 Å². The summed E-state index contributed by atoms with van der Waals surface area (Å²) in [4.78, 5) is 13.9. The number of carbonyl (C=O) groups is 1. The molecule has 3 nitrogen and oxygen atoms in total. The van der Waals surface area contributed by atoms with E-state index in [1.807, 2.05) is 6.92 Å². The van der Waals surface area contributed by atoms with Gasteiger partial charge in [0, 0.05) is 19.3 Å². The molecule has 0 bridgehead atoms. The lowest BCUT2D eigenvalue weighted by molar-refractivity contribution is -0.138. The summed E-state index contributed by atoms with van der Waals surface area (Å²) in [5.74, 6) is -0.122. The van der Waals surface area contributed by atoms with Gasteiger partial charge in [-0.05, 0) is 26.2 Å². The van der Waals surface area contributed by atoms with Gasteiger partial charge in [-0.2, -0.15) is 0 Å². The highest BCUT2D eigenvalue weighted by molar-refractivity contribution is 5.89. The zero-order chi connectivity index (χ0) is 11.3. The van der Waals surface area contributed by atoms with Crippen molar-refractivity contribution in [3.63, 3.8) is 0 Å². The quantitative estimate of drug-likeness (QED) is 0.528. The molecule has 0 spiro atoms. The minimum absolute atomic E-state index is 0.122. The molecule has 1 saturated heterocycles. The van der Waals surface area contributed by atoms with Crippen LogP contribution in [0, 0.1) is 0 Å². The third-order valence-electron chi connectivity index (χ3n) is 2.74. The number of hydrogen-bond acceptors (Lipinski definition) is 3. The van der Waals surface area contributed by atoms with Crippen LogP contribution in [0.2, 0.25) is 0 Å². The molecule has 86 valence electrons. The molecule has 0 aliphatic carbocycles. The molecule has 1 rings (SSSR count). The van der Waals surface area contributed by atoms with Crippen LogP contribution in [-0.4, -0.2) is 31.1 Å². The number of nitrogens with zero attached hydrogens (tertiary/aromatic N) is 1. The highest BCUT2D eigenvalue weighted by atomic mass is 16.5. The van der Waals surface area contributed by atoms with Gasteiger partial charge in [0.2, 0.25) is 0 Å². The zero-order valence-corrected chi connectivity index (χ0v) is 10.0. The lowest BCUT2D eigenvalue weighted by Gasteiger charge is -2.17. The molecule has 1 fully saturated rings. The Morgan fingerprint density at radius 1 is 1.47 bits per heavy atom. The Labute approximate surface area is 92.1 Å². The van der Waals surface area contributed by atoms with E-state index in [0.717, 1.165) is 37.8 Å². The van der Waals surface area contributed by atoms with Gasteiger partial charge in [-0.1, -0.05) is 13.3 Å². The van der Waals surface area contributed by atoms with Crippen LogP contribution < -0.4 is 0 Å². The number of likely N-dealkylation sites (tertiary alicyclic amines) is 1. The fourth-order valence-electron chi connectivity index (χ4n) is 2.02. The minimum Gasteiger partial charge on any atom is -0.463 e. The molecular formula is C12H21NO2. The number of hydrogen-bond donors (Lipinski definition) is 0. The predicted molar refractivity (Wildman–Crippen MR) is 60.4 cm³/mol. The summed E-state index contributed by atoms with van der Waals surface area (Å²) in [5.41, 5.74) is 2.08. The van der Waals surface area contributed by atoms with Gasteiger partial charge in [0.05, 0.1) is 12.2 Å². The fourth-order valence-corrected chi connectivity index (χ4v) is 2.02.